The van der Waals surface area contributed by atoms with Crippen molar-refractivity contribution in [3.63, 3.8) is 0 Å². The van der Waals surface area contributed by atoms with Crippen LogP contribution in [0, 0.1) is 17.3 Å². The molecule has 2 heteroatoms. The quantitative estimate of drug-likeness (QED) is 0.710. The van der Waals surface area contributed by atoms with Gasteiger partial charge in [0.25, 0.3) is 0 Å². The lowest BCUT2D eigenvalue weighted by atomic mass is 9.90. The van der Waals surface area contributed by atoms with Crippen molar-refractivity contribution in [2.45, 2.75) is 53.1 Å². The molecule has 90 valence electrons. The molecule has 0 aliphatic heterocycles. The summed E-state index contributed by atoms with van der Waals surface area (Å²) >= 11 is 0. The summed E-state index contributed by atoms with van der Waals surface area (Å²) in [6.07, 6.45) is 2.70. The highest BCUT2D eigenvalue weighted by atomic mass is 16.3. The van der Waals surface area contributed by atoms with Gasteiger partial charge >= 0.3 is 0 Å². The second kappa shape index (κ2) is 4.42. The van der Waals surface area contributed by atoms with Gasteiger partial charge in [0.15, 0.2) is 0 Å². The molecule has 0 heterocycles. The summed E-state index contributed by atoms with van der Waals surface area (Å²) in [6, 6.07) is 0. The maximum absolute atomic E-state index is 10.1. The first-order valence-corrected chi connectivity index (χ1v) is 6.23. The molecule has 1 atom stereocenters. The Hall–Kier alpha value is -0.0800. The molecule has 0 aromatic rings. The minimum absolute atomic E-state index is 0.305. The smallest absolute Gasteiger partial charge is 0.0766 e. The zero-order valence-electron chi connectivity index (χ0n) is 10.9. The van der Waals surface area contributed by atoms with Gasteiger partial charge in [0.05, 0.1) is 5.60 Å². The molecule has 1 aliphatic carbocycles. The van der Waals surface area contributed by atoms with Crippen LogP contribution in [-0.4, -0.2) is 23.8 Å². The van der Waals surface area contributed by atoms with Crippen LogP contribution < -0.4 is 5.32 Å². The van der Waals surface area contributed by atoms with Crippen molar-refractivity contribution in [2.75, 3.05) is 13.1 Å². The predicted octanol–water partition coefficient (Wildman–Crippen LogP) is 2.42. The van der Waals surface area contributed by atoms with Crippen LogP contribution in [0.2, 0.25) is 0 Å². The van der Waals surface area contributed by atoms with E-state index in [1.165, 1.54) is 12.8 Å². The van der Waals surface area contributed by atoms with Crippen LogP contribution in [0.1, 0.15) is 47.5 Å². The van der Waals surface area contributed by atoms with Crippen LogP contribution in [-0.2, 0) is 0 Å². The molecule has 0 amide bonds. The van der Waals surface area contributed by atoms with Gasteiger partial charge in [0.1, 0.15) is 0 Å². The minimum atomic E-state index is -0.576. The van der Waals surface area contributed by atoms with Gasteiger partial charge in [-0.15, -0.1) is 0 Å². The second-order valence-corrected chi connectivity index (χ2v) is 6.13. The molecule has 0 spiro atoms. The third kappa shape index (κ3) is 3.18. The first-order valence-electron chi connectivity index (χ1n) is 6.23. The van der Waals surface area contributed by atoms with Gasteiger partial charge in [-0.1, -0.05) is 27.7 Å². The Kier molecular flexibility index (Phi) is 3.83. The molecule has 0 saturated heterocycles. The van der Waals surface area contributed by atoms with E-state index in [1.54, 1.807) is 0 Å². The van der Waals surface area contributed by atoms with Gasteiger partial charge in [-0.25, -0.2) is 0 Å². The Morgan fingerprint density at radius 1 is 1.27 bits per heavy atom. The fourth-order valence-corrected chi connectivity index (χ4v) is 1.89. The molecule has 15 heavy (non-hydrogen) atoms. The van der Waals surface area contributed by atoms with Crippen LogP contribution in [0.5, 0.6) is 0 Å². The fourth-order valence-electron chi connectivity index (χ4n) is 1.89. The van der Waals surface area contributed by atoms with Crippen molar-refractivity contribution in [1.29, 1.82) is 0 Å². The Bertz CT molecular complexity index is 195. The van der Waals surface area contributed by atoms with Gasteiger partial charge in [-0.3, -0.25) is 0 Å². The third-order valence-electron chi connectivity index (χ3n) is 4.32. The molecule has 1 rings (SSSR count). The van der Waals surface area contributed by atoms with Crippen molar-refractivity contribution >= 4 is 0 Å². The molecule has 1 fully saturated rings. The number of rotatable bonds is 6. The van der Waals surface area contributed by atoms with Gasteiger partial charge < -0.3 is 10.4 Å². The summed E-state index contributed by atoms with van der Waals surface area (Å²) in [5.74, 6) is 1.06. The Labute approximate surface area is 94.5 Å². The number of hydrogen-bond donors (Lipinski definition) is 2. The molecule has 0 aromatic heterocycles. The van der Waals surface area contributed by atoms with Crippen LogP contribution in [0.15, 0.2) is 0 Å². The summed E-state index contributed by atoms with van der Waals surface area (Å²) < 4.78 is 0. The summed E-state index contributed by atoms with van der Waals surface area (Å²) in [7, 11) is 0. The SMILES string of the molecule is CC(C)C(C)(O)CNCC1(C(C)C)CC1. The van der Waals surface area contributed by atoms with E-state index in [-0.39, 0.29) is 0 Å². The zero-order chi connectivity index (χ0) is 11.7. The summed E-state index contributed by atoms with van der Waals surface area (Å²) in [5.41, 5.74) is -0.0415. The van der Waals surface area contributed by atoms with Gasteiger partial charge in [0.2, 0.25) is 0 Å². The van der Waals surface area contributed by atoms with Crippen molar-refractivity contribution in [1.82, 2.24) is 5.32 Å². The van der Waals surface area contributed by atoms with E-state index in [9.17, 15) is 5.11 Å². The molecule has 1 saturated carbocycles. The second-order valence-electron chi connectivity index (χ2n) is 6.13. The van der Waals surface area contributed by atoms with Gasteiger partial charge in [-0.2, -0.15) is 0 Å². The van der Waals surface area contributed by atoms with Crippen LogP contribution >= 0.6 is 0 Å². The first kappa shape index (κ1) is 13.0. The lowest BCUT2D eigenvalue weighted by molar-refractivity contribution is 0.0128. The molecule has 1 aliphatic rings. The number of aliphatic hydroxyl groups is 1. The first-order chi connectivity index (χ1) is 6.80. The monoisotopic (exact) mass is 213 g/mol. The highest BCUT2D eigenvalue weighted by molar-refractivity contribution is 4.97. The van der Waals surface area contributed by atoms with E-state index >= 15 is 0 Å². The Morgan fingerprint density at radius 2 is 1.80 bits per heavy atom. The van der Waals surface area contributed by atoms with E-state index in [0.717, 1.165) is 12.5 Å². The molecule has 2 N–H and O–H groups in total. The fraction of sp³-hybridized carbons (Fsp3) is 1.00. The highest BCUT2D eigenvalue weighted by Gasteiger charge is 2.44. The predicted molar refractivity (Wildman–Crippen MR) is 64.8 cm³/mol. The maximum Gasteiger partial charge on any atom is 0.0766 e. The lowest BCUT2D eigenvalue weighted by Gasteiger charge is -2.29. The van der Waals surface area contributed by atoms with Crippen molar-refractivity contribution in [2.24, 2.45) is 17.3 Å². The van der Waals surface area contributed by atoms with Gasteiger partial charge in [-0.05, 0) is 37.0 Å². The van der Waals surface area contributed by atoms with Crippen molar-refractivity contribution < 1.29 is 5.11 Å². The lowest BCUT2D eigenvalue weighted by Crippen LogP contribution is -2.44. The molecular formula is C13H27NO. The van der Waals surface area contributed by atoms with E-state index in [2.05, 4.69) is 33.0 Å². The van der Waals surface area contributed by atoms with E-state index in [0.29, 0.717) is 17.9 Å². The maximum atomic E-state index is 10.1. The number of hydrogen-bond acceptors (Lipinski definition) is 2. The minimum Gasteiger partial charge on any atom is -0.389 e. The normalized spacial score (nSPS) is 23.2. The molecular weight excluding hydrogens is 186 g/mol. The van der Waals surface area contributed by atoms with E-state index < -0.39 is 5.60 Å². The summed E-state index contributed by atoms with van der Waals surface area (Å²) in [5, 5.41) is 13.5. The molecule has 0 aromatic carbocycles. The molecule has 0 radical (unpaired) electrons. The Balaban J connectivity index is 2.28. The number of nitrogens with one attached hydrogen (secondary N) is 1. The van der Waals surface area contributed by atoms with Crippen molar-refractivity contribution in [3.8, 4) is 0 Å². The van der Waals surface area contributed by atoms with E-state index in [4.69, 9.17) is 0 Å². The zero-order valence-corrected chi connectivity index (χ0v) is 10.9. The third-order valence-corrected chi connectivity index (χ3v) is 4.32. The van der Waals surface area contributed by atoms with Crippen molar-refractivity contribution in [3.05, 3.63) is 0 Å². The summed E-state index contributed by atoms with van der Waals surface area (Å²) in [6.45, 7) is 12.4. The van der Waals surface area contributed by atoms with Crippen LogP contribution in [0.3, 0.4) is 0 Å². The highest BCUT2D eigenvalue weighted by Crippen LogP contribution is 2.51. The van der Waals surface area contributed by atoms with Gasteiger partial charge in [0, 0.05) is 13.1 Å². The molecule has 0 bridgehead atoms. The molecule has 1 unspecified atom stereocenters. The topological polar surface area (TPSA) is 32.3 Å². The Morgan fingerprint density at radius 3 is 2.13 bits per heavy atom. The average molecular weight is 213 g/mol. The van der Waals surface area contributed by atoms with E-state index in [1.807, 2.05) is 6.92 Å². The van der Waals surface area contributed by atoms with Crippen LogP contribution in [0.25, 0.3) is 0 Å². The average Bonchev–Trinajstić information content (AvgIpc) is 2.84. The molecule has 2 nitrogen and oxygen atoms in total. The summed E-state index contributed by atoms with van der Waals surface area (Å²) in [4.78, 5) is 0. The largest absolute Gasteiger partial charge is 0.389 e. The van der Waals surface area contributed by atoms with Crippen LogP contribution in [0.4, 0.5) is 0 Å². The standard InChI is InChI=1S/C13H27NO/c1-10(2)12(5,15)8-14-9-13(6-7-13)11(3)4/h10-11,14-15H,6-9H2,1-5H3.